The van der Waals surface area contributed by atoms with Crippen LogP contribution >= 0.6 is 15.9 Å². The van der Waals surface area contributed by atoms with Gasteiger partial charge >= 0.3 is 0 Å². The van der Waals surface area contributed by atoms with E-state index in [9.17, 15) is 4.39 Å². The summed E-state index contributed by atoms with van der Waals surface area (Å²) in [5.41, 5.74) is 6.07. The fourth-order valence-corrected chi connectivity index (χ4v) is 2.28. The monoisotopic (exact) mass is 317 g/mol. The molecule has 0 fully saturated rings. The lowest BCUT2D eigenvalue weighted by molar-refractivity contribution is 0.298. The first kappa shape index (κ1) is 14.9. The number of hydrogen-bond acceptors (Lipinski definition) is 3. The first-order valence-electron chi connectivity index (χ1n) is 5.60. The molecule has 4 N–H and O–H groups in total. The normalized spacial score (nSPS) is 10.8. The van der Waals surface area contributed by atoms with Gasteiger partial charge in [-0.15, -0.1) is 0 Å². The summed E-state index contributed by atoms with van der Waals surface area (Å²) in [6.07, 6.45) is 0. The number of amidine groups is 1. The van der Waals surface area contributed by atoms with Crippen LogP contribution < -0.4 is 10.6 Å². The molecule has 0 unspecified atom stereocenters. The molecular weight excluding hydrogens is 301 g/mol. The Hall–Kier alpha value is -1.14. The highest BCUT2D eigenvalue weighted by Crippen LogP contribution is 2.30. The number of nitrogens with one attached hydrogen (secondary N) is 1. The number of nitrogens with two attached hydrogens (primary N) is 1. The molecule has 0 spiro atoms. The van der Waals surface area contributed by atoms with Gasteiger partial charge in [0.25, 0.3) is 0 Å². The van der Waals surface area contributed by atoms with Crippen molar-refractivity contribution in [2.45, 2.75) is 19.9 Å². The zero-order chi connectivity index (χ0) is 13.9. The number of anilines is 1. The number of aliphatic hydroxyl groups is 1. The highest BCUT2D eigenvalue weighted by Gasteiger charge is 2.19. The zero-order valence-corrected chi connectivity index (χ0v) is 12.0. The first-order valence-corrected chi connectivity index (χ1v) is 6.39. The Balaban J connectivity index is 3.25. The fraction of sp³-hybridized carbons (Fsp3) is 0.417. The summed E-state index contributed by atoms with van der Waals surface area (Å²) >= 11 is 3.12. The Bertz CT molecular complexity index is 451. The molecule has 0 radical (unpaired) electrons. The lowest BCUT2D eigenvalue weighted by atomic mass is 10.1. The fourth-order valence-electron chi connectivity index (χ4n) is 1.73. The molecule has 4 nitrogen and oxygen atoms in total. The lowest BCUT2D eigenvalue weighted by Crippen LogP contribution is -2.34. The molecule has 0 saturated heterocycles. The second-order valence-electron chi connectivity index (χ2n) is 4.18. The predicted octanol–water partition coefficient (Wildman–Crippen LogP) is 2.08. The summed E-state index contributed by atoms with van der Waals surface area (Å²) in [5, 5.41) is 16.4. The van der Waals surface area contributed by atoms with Crippen molar-refractivity contribution in [2.75, 3.05) is 18.1 Å². The van der Waals surface area contributed by atoms with Crippen LogP contribution in [0.15, 0.2) is 16.6 Å². The minimum Gasteiger partial charge on any atom is -0.395 e. The summed E-state index contributed by atoms with van der Waals surface area (Å²) in [4.78, 5) is 1.75. The predicted molar refractivity (Wildman–Crippen MR) is 74.7 cm³/mol. The molecule has 0 amide bonds. The number of halogens is 2. The summed E-state index contributed by atoms with van der Waals surface area (Å²) < 4.78 is 14.4. The van der Waals surface area contributed by atoms with Crippen molar-refractivity contribution in [1.29, 1.82) is 5.41 Å². The van der Waals surface area contributed by atoms with E-state index >= 15 is 0 Å². The number of aliphatic hydroxyl groups excluding tert-OH is 1. The molecule has 0 aliphatic heterocycles. The third kappa shape index (κ3) is 3.00. The van der Waals surface area contributed by atoms with Gasteiger partial charge in [-0.3, -0.25) is 5.41 Å². The van der Waals surface area contributed by atoms with Crippen molar-refractivity contribution >= 4 is 27.5 Å². The minimum absolute atomic E-state index is 0.0519. The van der Waals surface area contributed by atoms with Crippen LogP contribution in [0.3, 0.4) is 0 Å². The highest BCUT2D eigenvalue weighted by atomic mass is 79.9. The van der Waals surface area contributed by atoms with E-state index in [1.54, 1.807) is 17.0 Å². The van der Waals surface area contributed by atoms with Crippen molar-refractivity contribution in [1.82, 2.24) is 0 Å². The molecule has 0 aliphatic rings. The van der Waals surface area contributed by atoms with E-state index in [-0.39, 0.29) is 23.0 Å². The van der Waals surface area contributed by atoms with E-state index in [0.29, 0.717) is 17.8 Å². The van der Waals surface area contributed by atoms with Crippen molar-refractivity contribution in [3.8, 4) is 0 Å². The molecule has 0 aromatic heterocycles. The number of nitrogen functional groups attached to an aromatic ring is 1. The van der Waals surface area contributed by atoms with Crippen LogP contribution in [-0.2, 0) is 0 Å². The van der Waals surface area contributed by atoms with E-state index in [1.165, 1.54) is 0 Å². The van der Waals surface area contributed by atoms with Gasteiger partial charge in [0.15, 0.2) is 5.82 Å². The van der Waals surface area contributed by atoms with E-state index < -0.39 is 5.82 Å². The van der Waals surface area contributed by atoms with Crippen LogP contribution in [0.5, 0.6) is 0 Å². The molecule has 1 aromatic rings. The van der Waals surface area contributed by atoms with Gasteiger partial charge in [0.05, 0.1) is 16.8 Å². The van der Waals surface area contributed by atoms with Crippen molar-refractivity contribution in [2.24, 2.45) is 5.73 Å². The minimum atomic E-state index is -0.468. The SMILES string of the molecule is CC(C)N(CCO)c1ccc(C(=N)N)c(Br)c1F. The summed E-state index contributed by atoms with van der Waals surface area (Å²) in [7, 11) is 0. The molecule has 100 valence electrons. The third-order valence-corrected chi connectivity index (χ3v) is 3.40. The first-order chi connectivity index (χ1) is 8.40. The largest absolute Gasteiger partial charge is 0.395 e. The van der Waals surface area contributed by atoms with Crippen molar-refractivity contribution < 1.29 is 9.50 Å². The Labute approximate surface area is 114 Å². The maximum atomic E-state index is 14.2. The van der Waals surface area contributed by atoms with Crippen LogP contribution in [0.2, 0.25) is 0 Å². The zero-order valence-electron chi connectivity index (χ0n) is 10.4. The van der Waals surface area contributed by atoms with Gasteiger partial charge in [0, 0.05) is 18.2 Å². The summed E-state index contributed by atoms with van der Waals surface area (Å²) in [6.45, 7) is 4.13. The molecule has 1 rings (SSSR count). The van der Waals surface area contributed by atoms with Gasteiger partial charge in [-0.2, -0.15) is 0 Å². The molecule has 6 heteroatoms. The Morgan fingerprint density at radius 3 is 2.61 bits per heavy atom. The molecular formula is C12H17BrFN3O. The molecule has 0 heterocycles. The average Bonchev–Trinajstić information content (AvgIpc) is 2.29. The third-order valence-electron chi connectivity index (χ3n) is 2.63. The summed E-state index contributed by atoms with van der Waals surface area (Å²) in [6, 6.07) is 3.23. The number of hydrogen-bond donors (Lipinski definition) is 3. The van der Waals surface area contributed by atoms with Crippen LogP contribution in [0, 0.1) is 11.2 Å². The highest BCUT2D eigenvalue weighted by molar-refractivity contribution is 9.10. The Morgan fingerprint density at radius 1 is 1.56 bits per heavy atom. The van der Waals surface area contributed by atoms with E-state index in [0.717, 1.165) is 0 Å². The van der Waals surface area contributed by atoms with E-state index in [1.807, 2.05) is 13.8 Å². The number of rotatable bonds is 5. The van der Waals surface area contributed by atoms with Gasteiger partial charge in [-0.05, 0) is 41.9 Å². The van der Waals surface area contributed by atoms with Crippen LogP contribution in [0.4, 0.5) is 10.1 Å². The van der Waals surface area contributed by atoms with Crippen LogP contribution in [0.25, 0.3) is 0 Å². The van der Waals surface area contributed by atoms with Gasteiger partial charge in [-0.1, -0.05) is 0 Å². The van der Waals surface area contributed by atoms with Gasteiger partial charge in [0.2, 0.25) is 0 Å². The van der Waals surface area contributed by atoms with Crippen molar-refractivity contribution in [3.05, 3.63) is 28.0 Å². The molecule has 1 aromatic carbocycles. The second-order valence-corrected chi connectivity index (χ2v) is 4.98. The van der Waals surface area contributed by atoms with Gasteiger partial charge < -0.3 is 15.7 Å². The lowest BCUT2D eigenvalue weighted by Gasteiger charge is -2.29. The Kier molecular flexibility index (Phi) is 5.10. The number of nitrogens with zero attached hydrogens (tertiary/aromatic N) is 1. The van der Waals surface area contributed by atoms with Crippen LogP contribution in [-0.4, -0.2) is 30.1 Å². The van der Waals surface area contributed by atoms with Crippen molar-refractivity contribution in [3.63, 3.8) is 0 Å². The van der Waals surface area contributed by atoms with Gasteiger partial charge in [-0.25, -0.2) is 4.39 Å². The molecule has 0 saturated carbocycles. The Morgan fingerprint density at radius 2 is 2.17 bits per heavy atom. The molecule has 0 aliphatic carbocycles. The van der Waals surface area contributed by atoms with E-state index in [2.05, 4.69) is 15.9 Å². The maximum absolute atomic E-state index is 14.2. The molecule has 0 bridgehead atoms. The standard InChI is InChI=1S/C12H17BrFN3O/c1-7(2)17(5-6-18)9-4-3-8(12(15)16)10(13)11(9)14/h3-4,7,18H,5-6H2,1-2H3,(H3,15,16). The topological polar surface area (TPSA) is 73.3 Å². The quantitative estimate of drug-likeness (QED) is 0.575. The summed E-state index contributed by atoms with van der Waals surface area (Å²) in [5.74, 6) is -0.657. The smallest absolute Gasteiger partial charge is 0.161 e. The average molecular weight is 318 g/mol. The van der Waals surface area contributed by atoms with E-state index in [4.69, 9.17) is 16.2 Å². The van der Waals surface area contributed by atoms with Crippen LogP contribution in [0.1, 0.15) is 19.4 Å². The number of benzene rings is 1. The molecule has 18 heavy (non-hydrogen) atoms. The molecule has 0 atom stereocenters. The second kappa shape index (κ2) is 6.15. The maximum Gasteiger partial charge on any atom is 0.161 e. The van der Waals surface area contributed by atoms with Gasteiger partial charge in [0.1, 0.15) is 5.84 Å².